The van der Waals surface area contributed by atoms with Crippen molar-refractivity contribution in [1.82, 2.24) is 5.32 Å². The molecule has 1 aliphatic rings. The van der Waals surface area contributed by atoms with Crippen LogP contribution in [0.1, 0.15) is 32.6 Å². The number of piperidine rings is 1. The first kappa shape index (κ1) is 7.45. The van der Waals surface area contributed by atoms with Crippen LogP contribution in [0.3, 0.4) is 0 Å². The summed E-state index contributed by atoms with van der Waals surface area (Å²) in [5.41, 5.74) is 1.06. The molecule has 1 aliphatic heterocycles. The number of rotatable bonds is 1. The van der Waals surface area contributed by atoms with Gasteiger partial charge in [0.2, 0.25) is 0 Å². The van der Waals surface area contributed by atoms with Gasteiger partial charge in [-0.25, -0.2) is 0 Å². The molecule has 0 atom stereocenters. The minimum atomic E-state index is 0.541. The molecular formula is C8H15NO. The van der Waals surface area contributed by atoms with E-state index in [4.69, 9.17) is 0 Å². The van der Waals surface area contributed by atoms with E-state index in [2.05, 4.69) is 5.32 Å². The Balaban J connectivity index is 2.51. The average molecular weight is 141 g/mol. The van der Waals surface area contributed by atoms with Crippen molar-refractivity contribution in [3.8, 4) is 0 Å². The predicted octanol–water partition coefficient (Wildman–Crippen LogP) is 1.94. The maximum Gasteiger partial charge on any atom is 0.111 e. The van der Waals surface area contributed by atoms with Gasteiger partial charge in [-0.05, 0) is 19.3 Å². The van der Waals surface area contributed by atoms with Crippen LogP contribution < -0.4 is 5.32 Å². The zero-order valence-corrected chi connectivity index (χ0v) is 6.48. The van der Waals surface area contributed by atoms with Crippen molar-refractivity contribution < 1.29 is 5.11 Å². The van der Waals surface area contributed by atoms with Crippen LogP contribution in [0.25, 0.3) is 0 Å². The van der Waals surface area contributed by atoms with Gasteiger partial charge in [-0.3, -0.25) is 0 Å². The molecule has 10 heavy (non-hydrogen) atoms. The van der Waals surface area contributed by atoms with Crippen molar-refractivity contribution in [1.29, 1.82) is 0 Å². The summed E-state index contributed by atoms with van der Waals surface area (Å²) in [5.74, 6) is 0.541. The highest BCUT2D eigenvalue weighted by Crippen LogP contribution is 2.14. The zero-order chi connectivity index (χ0) is 7.40. The van der Waals surface area contributed by atoms with E-state index in [1.54, 1.807) is 0 Å². The molecule has 0 aromatic carbocycles. The SMILES string of the molecule is CCC(O)=C1CCCCN1. The Kier molecular flexibility index (Phi) is 2.60. The molecule has 1 rings (SSSR count). The van der Waals surface area contributed by atoms with E-state index in [0.717, 1.165) is 25.1 Å². The molecule has 2 nitrogen and oxygen atoms in total. The van der Waals surface area contributed by atoms with Crippen LogP contribution in [0.5, 0.6) is 0 Å². The lowest BCUT2D eigenvalue weighted by atomic mass is 10.1. The summed E-state index contributed by atoms with van der Waals surface area (Å²) >= 11 is 0. The molecule has 2 N–H and O–H groups in total. The summed E-state index contributed by atoms with van der Waals surface area (Å²) < 4.78 is 0. The topological polar surface area (TPSA) is 32.3 Å². The Hall–Kier alpha value is -0.660. The van der Waals surface area contributed by atoms with E-state index < -0.39 is 0 Å². The number of hydrogen-bond donors (Lipinski definition) is 2. The number of allylic oxidation sites excluding steroid dienone is 2. The van der Waals surface area contributed by atoms with Gasteiger partial charge in [0, 0.05) is 18.7 Å². The highest BCUT2D eigenvalue weighted by Gasteiger charge is 2.07. The van der Waals surface area contributed by atoms with Crippen molar-refractivity contribution in [3.63, 3.8) is 0 Å². The van der Waals surface area contributed by atoms with Gasteiger partial charge in [-0.2, -0.15) is 0 Å². The molecule has 0 aromatic heterocycles. The highest BCUT2D eigenvalue weighted by atomic mass is 16.3. The third-order valence-corrected chi connectivity index (χ3v) is 1.88. The van der Waals surface area contributed by atoms with Crippen molar-refractivity contribution >= 4 is 0 Å². The van der Waals surface area contributed by atoms with E-state index in [1.165, 1.54) is 12.8 Å². The molecule has 0 amide bonds. The number of aliphatic hydroxyl groups excluding tert-OH is 1. The summed E-state index contributed by atoms with van der Waals surface area (Å²) in [7, 11) is 0. The fourth-order valence-electron chi connectivity index (χ4n) is 1.21. The highest BCUT2D eigenvalue weighted by molar-refractivity contribution is 5.06. The maximum absolute atomic E-state index is 9.30. The van der Waals surface area contributed by atoms with E-state index in [0.29, 0.717) is 5.76 Å². The fourth-order valence-corrected chi connectivity index (χ4v) is 1.21. The molecule has 0 spiro atoms. The van der Waals surface area contributed by atoms with E-state index in [1.807, 2.05) is 6.92 Å². The monoisotopic (exact) mass is 141 g/mol. The lowest BCUT2D eigenvalue weighted by Crippen LogP contribution is -2.21. The number of nitrogens with one attached hydrogen (secondary N) is 1. The van der Waals surface area contributed by atoms with Crippen LogP contribution in [-0.4, -0.2) is 11.7 Å². The van der Waals surface area contributed by atoms with Crippen LogP contribution in [-0.2, 0) is 0 Å². The van der Waals surface area contributed by atoms with Crippen molar-refractivity contribution in [2.45, 2.75) is 32.6 Å². The first-order valence-corrected chi connectivity index (χ1v) is 3.99. The summed E-state index contributed by atoms with van der Waals surface area (Å²) in [6.45, 7) is 3.00. The third kappa shape index (κ3) is 1.66. The molecule has 1 heterocycles. The second-order valence-electron chi connectivity index (χ2n) is 2.66. The largest absolute Gasteiger partial charge is 0.511 e. The van der Waals surface area contributed by atoms with Gasteiger partial charge in [0.15, 0.2) is 0 Å². The lowest BCUT2D eigenvalue weighted by Gasteiger charge is -2.17. The van der Waals surface area contributed by atoms with E-state index in [9.17, 15) is 5.11 Å². The minimum Gasteiger partial charge on any atom is -0.511 e. The normalized spacial score (nSPS) is 23.7. The molecule has 0 unspecified atom stereocenters. The van der Waals surface area contributed by atoms with Crippen LogP contribution in [0.2, 0.25) is 0 Å². The van der Waals surface area contributed by atoms with Crippen LogP contribution >= 0.6 is 0 Å². The predicted molar refractivity (Wildman–Crippen MR) is 41.8 cm³/mol. The molecule has 2 heteroatoms. The Bertz CT molecular complexity index is 132. The summed E-state index contributed by atoms with van der Waals surface area (Å²) in [4.78, 5) is 0. The Labute approximate surface area is 61.9 Å². The second kappa shape index (κ2) is 3.49. The van der Waals surface area contributed by atoms with Gasteiger partial charge in [0.05, 0.1) is 0 Å². The maximum atomic E-state index is 9.30. The third-order valence-electron chi connectivity index (χ3n) is 1.88. The van der Waals surface area contributed by atoms with Gasteiger partial charge < -0.3 is 10.4 Å². The molecule has 0 aliphatic carbocycles. The zero-order valence-electron chi connectivity index (χ0n) is 6.48. The molecule has 0 saturated carbocycles. The molecule has 0 radical (unpaired) electrons. The molecule has 1 fully saturated rings. The van der Waals surface area contributed by atoms with E-state index >= 15 is 0 Å². The Morgan fingerprint density at radius 3 is 2.90 bits per heavy atom. The van der Waals surface area contributed by atoms with Crippen LogP contribution in [0.15, 0.2) is 11.5 Å². The van der Waals surface area contributed by atoms with Gasteiger partial charge in [0.1, 0.15) is 5.76 Å². The number of hydrogen-bond acceptors (Lipinski definition) is 2. The summed E-state index contributed by atoms with van der Waals surface area (Å²) in [5, 5.41) is 12.5. The molecule has 0 bridgehead atoms. The van der Waals surface area contributed by atoms with Crippen molar-refractivity contribution in [2.24, 2.45) is 0 Å². The summed E-state index contributed by atoms with van der Waals surface area (Å²) in [6, 6.07) is 0. The summed E-state index contributed by atoms with van der Waals surface area (Å²) in [6.07, 6.45) is 4.23. The quantitative estimate of drug-likeness (QED) is 0.547. The van der Waals surface area contributed by atoms with E-state index in [-0.39, 0.29) is 0 Å². The Morgan fingerprint density at radius 2 is 2.40 bits per heavy atom. The fraction of sp³-hybridized carbons (Fsp3) is 0.750. The van der Waals surface area contributed by atoms with Crippen molar-refractivity contribution in [3.05, 3.63) is 11.5 Å². The van der Waals surface area contributed by atoms with Crippen LogP contribution in [0, 0.1) is 0 Å². The lowest BCUT2D eigenvalue weighted by molar-refractivity contribution is 0.370. The smallest absolute Gasteiger partial charge is 0.111 e. The van der Waals surface area contributed by atoms with Gasteiger partial charge in [-0.15, -0.1) is 0 Å². The standard InChI is InChI=1S/C8H15NO/c1-2-8(10)7-5-3-4-6-9-7/h9-10H,2-6H2,1H3. The van der Waals surface area contributed by atoms with Crippen molar-refractivity contribution in [2.75, 3.05) is 6.54 Å². The first-order valence-electron chi connectivity index (χ1n) is 3.99. The molecular weight excluding hydrogens is 126 g/mol. The average Bonchev–Trinajstić information content (AvgIpc) is 2.05. The Morgan fingerprint density at radius 1 is 1.60 bits per heavy atom. The van der Waals surface area contributed by atoms with Crippen LogP contribution in [0.4, 0.5) is 0 Å². The first-order chi connectivity index (χ1) is 4.84. The van der Waals surface area contributed by atoms with Gasteiger partial charge >= 0.3 is 0 Å². The molecule has 58 valence electrons. The van der Waals surface area contributed by atoms with Gasteiger partial charge in [-0.1, -0.05) is 6.92 Å². The number of aliphatic hydroxyl groups is 1. The minimum absolute atomic E-state index is 0.541. The second-order valence-corrected chi connectivity index (χ2v) is 2.66. The molecule has 0 aromatic rings. The van der Waals surface area contributed by atoms with Gasteiger partial charge in [0.25, 0.3) is 0 Å². The molecule has 1 saturated heterocycles.